The van der Waals surface area contributed by atoms with Gasteiger partial charge in [0.1, 0.15) is 5.69 Å². The standard InChI is InChI=1S/C18H22N4O/c23-18(20-11-14-10-13-4-1-2-6-16(13)14)17-7-9-22(21-17)15-5-3-8-19-12-15/h1-2,4,6-7,9,14-15,19H,3,5,8,10-12H2,(H,20,23)/t14-,15+/m1/s1. The molecular formula is C18H22N4O. The van der Waals surface area contributed by atoms with Crippen LogP contribution in [0.5, 0.6) is 0 Å². The van der Waals surface area contributed by atoms with E-state index < -0.39 is 0 Å². The predicted octanol–water partition coefficient (Wildman–Crippen LogP) is 1.88. The van der Waals surface area contributed by atoms with Crippen molar-refractivity contribution in [2.45, 2.75) is 31.2 Å². The van der Waals surface area contributed by atoms with Crippen LogP contribution in [0.3, 0.4) is 0 Å². The molecule has 0 radical (unpaired) electrons. The number of fused-ring (bicyclic) bond motifs is 1. The van der Waals surface area contributed by atoms with Crippen LogP contribution in [0.2, 0.25) is 0 Å². The molecule has 4 rings (SSSR count). The predicted molar refractivity (Wildman–Crippen MR) is 88.6 cm³/mol. The third-order valence-corrected chi connectivity index (χ3v) is 4.96. The Balaban J connectivity index is 1.34. The van der Waals surface area contributed by atoms with Crippen molar-refractivity contribution in [1.29, 1.82) is 0 Å². The van der Waals surface area contributed by atoms with E-state index in [9.17, 15) is 4.79 Å². The number of nitrogens with one attached hydrogen (secondary N) is 2. The quantitative estimate of drug-likeness (QED) is 0.906. The van der Waals surface area contributed by atoms with Crippen molar-refractivity contribution >= 4 is 5.91 Å². The normalized spacial score (nSPS) is 23.0. The second-order valence-corrected chi connectivity index (χ2v) is 6.49. The summed E-state index contributed by atoms with van der Waals surface area (Å²) < 4.78 is 1.93. The Hall–Kier alpha value is -2.14. The smallest absolute Gasteiger partial charge is 0.271 e. The lowest BCUT2D eigenvalue weighted by Gasteiger charge is -2.30. The van der Waals surface area contributed by atoms with Gasteiger partial charge in [-0.15, -0.1) is 0 Å². The average molecular weight is 310 g/mol. The number of aromatic nitrogens is 2. The third kappa shape index (κ3) is 2.88. The van der Waals surface area contributed by atoms with Gasteiger partial charge in [0, 0.05) is 25.2 Å². The van der Waals surface area contributed by atoms with Gasteiger partial charge < -0.3 is 10.6 Å². The van der Waals surface area contributed by atoms with Crippen molar-refractivity contribution in [1.82, 2.24) is 20.4 Å². The van der Waals surface area contributed by atoms with E-state index in [0.29, 0.717) is 24.2 Å². The minimum atomic E-state index is -0.0723. The molecule has 23 heavy (non-hydrogen) atoms. The lowest BCUT2D eigenvalue weighted by Crippen LogP contribution is -2.34. The molecule has 2 heterocycles. The van der Waals surface area contributed by atoms with Gasteiger partial charge in [-0.25, -0.2) is 0 Å². The minimum Gasteiger partial charge on any atom is -0.350 e. The molecule has 0 unspecified atom stereocenters. The van der Waals surface area contributed by atoms with Crippen LogP contribution in [0.4, 0.5) is 0 Å². The van der Waals surface area contributed by atoms with E-state index in [0.717, 1.165) is 32.4 Å². The van der Waals surface area contributed by atoms with Crippen molar-refractivity contribution in [3.63, 3.8) is 0 Å². The molecular weight excluding hydrogens is 288 g/mol. The monoisotopic (exact) mass is 310 g/mol. The number of carbonyl (C=O) groups excluding carboxylic acids is 1. The van der Waals surface area contributed by atoms with Crippen LogP contribution < -0.4 is 10.6 Å². The number of nitrogens with zero attached hydrogens (tertiary/aromatic N) is 2. The second kappa shape index (κ2) is 6.16. The van der Waals surface area contributed by atoms with Crippen molar-refractivity contribution < 1.29 is 4.79 Å². The van der Waals surface area contributed by atoms with Gasteiger partial charge in [0.15, 0.2) is 0 Å². The molecule has 2 aliphatic rings. The topological polar surface area (TPSA) is 59.0 Å². The lowest BCUT2D eigenvalue weighted by molar-refractivity contribution is 0.0943. The summed E-state index contributed by atoms with van der Waals surface area (Å²) in [7, 11) is 0. The maximum atomic E-state index is 12.3. The summed E-state index contributed by atoms with van der Waals surface area (Å²) in [6.45, 7) is 2.70. The highest BCUT2D eigenvalue weighted by Crippen LogP contribution is 2.34. The zero-order chi connectivity index (χ0) is 15.6. The molecule has 2 atom stereocenters. The van der Waals surface area contributed by atoms with E-state index in [4.69, 9.17) is 0 Å². The molecule has 5 heteroatoms. The maximum absolute atomic E-state index is 12.3. The van der Waals surface area contributed by atoms with E-state index >= 15 is 0 Å². The Morgan fingerprint density at radius 1 is 1.35 bits per heavy atom. The highest BCUT2D eigenvalue weighted by molar-refractivity contribution is 5.92. The molecule has 1 aromatic heterocycles. The summed E-state index contributed by atoms with van der Waals surface area (Å²) in [5.74, 6) is 0.372. The van der Waals surface area contributed by atoms with Crippen LogP contribution in [0.25, 0.3) is 0 Å². The molecule has 0 saturated carbocycles. The minimum absolute atomic E-state index is 0.0723. The number of hydrogen-bond donors (Lipinski definition) is 2. The van der Waals surface area contributed by atoms with Crippen LogP contribution in [-0.4, -0.2) is 35.3 Å². The zero-order valence-corrected chi connectivity index (χ0v) is 13.2. The van der Waals surface area contributed by atoms with Gasteiger partial charge in [0.2, 0.25) is 0 Å². The number of benzene rings is 1. The summed E-state index contributed by atoms with van der Waals surface area (Å²) in [6.07, 6.45) is 5.26. The molecule has 1 amide bonds. The van der Waals surface area contributed by atoms with E-state index in [2.05, 4.69) is 40.0 Å². The Kier molecular flexibility index (Phi) is 3.87. The van der Waals surface area contributed by atoms with Gasteiger partial charge in [0.25, 0.3) is 5.91 Å². The summed E-state index contributed by atoms with van der Waals surface area (Å²) in [6, 6.07) is 10.6. The third-order valence-electron chi connectivity index (χ3n) is 4.96. The second-order valence-electron chi connectivity index (χ2n) is 6.49. The molecule has 1 aliphatic heterocycles. The summed E-state index contributed by atoms with van der Waals surface area (Å²) in [4.78, 5) is 12.3. The van der Waals surface area contributed by atoms with Crippen molar-refractivity contribution in [2.24, 2.45) is 0 Å². The van der Waals surface area contributed by atoms with E-state index in [1.54, 1.807) is 0 Å². The van der Waals surface area contributed by atoms with Crippen LogP contribution in [0, 0.1) is 0 Å². The molecule has 1 aliphatic carbocycles. The fraction of sp³-hybridized carbons (Fsp3) is 0.444. The average Bonchev–Trinajstić information content (AvgIpc) is 3.06. The molecule has 1 saturated heterocycles. The Labute approximate surface area is 136 Å². The number of hydrogen-bond acceptors (Lipinski definition) is 3. The number of piperidine rings is 1. The first-order valence-corrected chi connectivity index (χ1v) is 8.43. The van der Waals surface area contributed by atoms with E-state index in [-0.39, 0.29) is 5.91 Å². The zero-order valence-electron chi connectivity index (χ0n) is 13.2. The highest BCUT2D eigenvalue weighted by atomic mass is 16.1. The first-order valence-electron chi connectivity index (χ1n) is 8.43. The SMILES string of the molecule is O=C(NC[C@H]1Cc2ccccc21)c1ccn([C@H]2CCCNC2)n1. The van der Waals surface area contributed by atoms with E-state index in [1.807, 2.05) is 16.9 Å². The van der Waals surface area contributed by atoms with Crippen LogP contribution in [0.15, 0.2) is 36.5 Å². The molecule has 2 aromatic rings. The van der Waals surface area contributed by atoms with Gasteiger partial charge in [-0.1, -0.05) is 24.3 Å². The van der Waals surface area contributed by atoms with Gasteiger partial charge in [-0.2, -0.15) is 5.10 Å². The molecule has 1 aromatic carbocycles. The molecule has 2 N–H and O–H groups in total. The summed E-state index contributed by atoms with van der Waals surface area (Å²) in [5.41, 5.74) is 3.29. The summed E-state index contributed by atoms with van der Waals surface area (Å²) in [5, 5.41) is 10.9. The molecule has 5 nitrogen and oxygen atoms in total. The van der Waals surface area contributed by atoms with Gasteiger partial charge >= 0.3 is 0 Å². The fourth-order valence-electron chi connectivity index (χ4n) is 3.57. The molecule has 0 spiro atoms. The number of rotatable bonds is 4. The number of carbonyl (C=O) groups is 1. The largest absolute Gasteiger partial charge is 0.350 e. The van der Waals surface area contributed by atoms with Crippen LogP contribution >= 0.6 is 0 Å². The Morgan fingerprint density at radius 2 is 2.26 bits per heavy atom. The highest BCUT2D eigenvalue weighted by Gasteiger charge is 2.26. The Bertz CT molecular complexity index is 703. The van der Waals surface area contributed by atoms with Crippen molar-refractivity contribution in [3.8, 4) is 0 Å². The van der Waals surface area contributed by atoms with Gasteiger partial charge in [-0.05, 0) is 43.0 Å². The molecule has 120 valence electrons. The van der Waals surface area contributed by atoms with Gasteiger partial charge in [-0.3, -0.25) is 9.48 Å². The van der Waals surface area contributed by atoms with Gasteiger partial charge in [0.05, 0.1) is 6.04 Å². The first-order chi connectivity index (χ1) is 11.3. The van der Waals surface area contributed by atoms with E-state index in [1.165, 1.54) is 11.1 Å². The fourth-order valence-corrected chi connectivity index (χ4v) is 3.57. The summed E-state index contributed by atoms with van der Waals surface area (Å²) >= 11 is 0. The van der Waals surface area contributed by atoms with Crippen LogP contribution in [-0.2, 0) is 6.42 Å². The van der Waals surface area contributed by atoms with Crippen LogP contribution in [0.1, 0.15) is 46.4 Å². The number of amides is 1. The maximum Gasteiger partial charge on any atom is 0.271 e. The first kappa shape index (κ1) is 14.5. The molecule has 1 fully saturated rings. The van der Waals surface area contributed by atoms with Crippen molar-refractivity contribution in [3.05, 3.63) is 53.3 Å². The Morgan fingerprint density at radius 3 is 3.09 bits per heavy atom. The molecule has 0 bridgehead atoms. The lowest BCUT2D eigenvalue weighted by atomic mass is 9.77. The van der Waals surface area contributed by atoms with Crippen molar-refractivity contribution in [2.75, 3.05) is 19.6 Å².